The zero-order valence-corrected chi connectivity index (χ0v) is 14.3. The number of aromatic nitrogens is 2. The van der Waals surface area contributed by atoms with Crippen molar-refractivity contribution in [2.75, 3.05) is 25.0 Å². The van der Waals surface area contributed by atoms with Gasteiger partial charge in [0, 0.05) is 31.2 Å². The van der Waals surface area contributed by atoms with Crippen LogP contribution in [0.25, 0.3) is 10.9 Å². The van der Waals surface area contributed by atoms with Crippen LogP contribution in [-0.4, -0.2) is 46.5 Å². The Morgan fingerprint density at radius 2 is 2.21 bits per heavy atom. The molecule has 0 spiro atoms. The summed E-state index contributed by atoms with van der Waals surface area (Å²) in [6, 6.07) is 5.90. The van der Waals surface area contributed by atoms with Crippen LogP contribution in [0.3, 0.4) is 0 Å². The number of hydrogen-bond donors (Lipinski definition) is 1. The van der Waals surface area contributed by atoms with E-state index in [0.29, 0.717) is 25.6 Å². The number of benzene rings is 1. The minimum atomic E-state index is -0.0409. The molecule has 24 heavy (non-hydrogen) atoms. The zero-order chi connectivity index (χ0) is 16.7. The predicted molar refractivity (Wildman–Crippen MR) is 93.1 cm³/mol. The van der Waals surface area contributed by atoms with Crippen molar-refractivity contribution in [2.45, 2.75) is 32.3 Å². The lowest BCUT2D eigenvalue weighted by atomic mass is 9.80. The number of hydrogen-bond acceptors (Lipinski definition) is 3. The first-order valence-electron chi connectivity index (χ1n) is 8.73. The van der Waals surface area contributed by atoms with Gasteiger partial charge in [-0.3, -0.25) is 4.68 Å². The SMILES string of the molecule is Cc1nn(C)c2cc(NC(=O)N3CCO[C@H](C4CCC4)C3)ccc12. The quantitative estimate of drug-likeness (QED) is 0.922. The van der Waals surface area contributed by atoms with Crippen LogP contribution in [-0.2, 0) is 11.8 Å². The number of carbonyl (C=O) groups is 1. The third kappa shape index (κ3) is 2.75. The summed E-state index contributed by atoms with van der Waals surface area (Å²) < 4.78 is 7.70. The van der Waals surface area contributed by atoms with Crippen LogP contribution in [0.1, 0.15) is 25.0 Å². The summed E-state index contributed by atoms with van der Waals surface area (Å²) in [4.78, 5) is 14.5. The Morgan fingerprint density at radius 1 is 1.38 bits per heavy atom. The first-order valence-corrected chi connectivity index (χ1v) is 8.73. The third-order valence-corrected chi connectivity index (χ3v) is 5.34. The molecule has 2 aliphatic rings. The first kappa shape index (κ1) is 15.4. The molecule has 0 unspecified atom stereocenters. The van der Waals surface area contributed by atoms with Gasteiger partial charge in [0.25, 0.3) is 0 Å². The molecule has 0 bridgehead atoms. The Balaban J connectivity index is 1.46. The summed E-state index contributed by atoms with van der Waals surface area (Å²) in [6.45, 7) is 3.98. The fraction of sp³-hybridized carbons (Fsp3) is 0.556. The molecule has 1 saturated heterocycles. The standard InChI is InChI=1S/C18H24N4O2/c1-12-15-7-6-14(10-16(15)21(2)20-12)19-18(23)22-8-9-24-17(11-22)13-4-3-5-13/h6-7,10,13,17H,3-5,8-9,11H2,1-2H3,(H,19,23)/t17-/m0/s1. The molecule has 6 nitrogen and oxygen atoms in total. The fourth-order valence-corrected chi connectivity index (χ4v) is 3.68. The van der Waals surface area contributed by atoms with Crippen molar-refractivity contribution in [3.63, 3.8) is 0 Å². The second-order valence-electron chi connectivity index (χ2n) is 6.92. The molecule has 0 radical (unpaired) electrons. The minimum absolute atomic E-state index is 0.0409. The topological polar surface area (TPSA) is 59.4 Å². The number of nitrogens with one attached hydrogen (secondary N) is 1. The monoisotopic (exact) mass is 328 g/mol. The Labute approximate surface area is 141 Å². The number of fused-ring (bicyclic) bond motifs is 1. The predicted octanol–water partition coefficient (Wildman–Crippen LogP) is 2.91. The van der Waals surface area contributed by atoms with Crippen molar-refractivity contribution < 1.29 is 9.53 Å². The van der Waals surface area contributed by atoms with Crippen LogP contribution in [0, 0.1) is 12.8 Å². The molecule has 1 atom stereocenters. The molecule has 1 aliphatic carbocycles. The molecular weight excluding hydrogens is 304 g/mol. The van der Waals surface area contributed by atoms with Crippen LogP contribution in [0.15, 0.2) is 18.2 Å². The highest BCUT2D eigenvalue weighted by atomic mass is 16.5. The molecule has 2 heterocycles. The minimum Gasteiger partial charge on any atom is -0.374 e. The van der Waals surface area contributed by atoms with E-state index in [1.54, 1.807) is 0 Å². The van der Waals surface area contributed by atoms with Gasteiger partial charge in [-0.05, 0) is 43.9 Å². The van der Waals surface area contributed by atoms with Gasteiger partial charge in [0.2, 0.25) is 0 Å². The normalized spacial score (nSPS) is 21.8. The summed E-state index contributed by atoms with van der Waals surface area (Å²) in [5.41, 5.74) is 2.84. The number of urea groups is 1. The number of nitrogens with zero attached hydrogens (tertiary/aromatic N) is 3. The number of anilines is 1. The Bertz CT molecular complexity index is 766. The molecule has 1 aliphatic heterocycles. The van der Waals surface area contributed by atoms with Crippen molar-refractivity contribution in [1.82, 2.24) is 14.7 Å². The lowest BCUT2D eigenvalue weighted by molar-refractivity contribution is -0.0615. The molecule has 2 aromatic rings. The molecule has 1 N–H and O–H groups in total. The van der Waals surface area contributed by atoms with Crippen LogP contribution in [0.2, 0.25) is 0 Å². The van der Waals surface area contributed by atoms with E-state index in [2.05, 4.69) is 10.4 Å². The molecular formula is C18H24N4O2. The molecule has 4 rings (SSSR count). The molecule has 2 fully saturated rings. The van der Waals surface area contributed by atoms with Gasteiger partial charge >= 0.3 is 6.03 Å². The number of ether oxygens (including phenoxy) is 1. The summed E-state index contributed by atoms with van der Waals surface area (Å²) in [7, 11) is 1.92. The summed E-state index contributed by atoms with van der Waals surface area (Å²) in [5.74, 6) is 0.634. The van der Waals surface area contributed by atoms with E-state index < -0.39 is 0 Å². The number of aryl methyl sites for hydroxylation is 2. The molecule has 1 saturated carbocycles. The summed E-state index contributed by atoms with van der Waals surface area (Å²) in [5, 5.41) is 8.57. The smallest absolute Gasteiger partial charge is 0.322 e. The summed E-state index contributed by atoms with van der Waals surface area (Å²) >= 11 is 0. The zero-order valence-electron chi connectivity index (χ0n) is 14.3. The molecule has 1 aromatic carbocycles. The first-order chi connectivity index (χ1) is 11.6. The lowest BCUT2D eigenvalue weighted by Gasteiger charge is -2.40. The Hall–Kier alpha value is -2.08. The fourth-order valence-electron chi connectivity index (χ4n) is 3.68. The highest BCUT2D eigenvalue weighted by molar-refractivity contribution is 5.93. The van der Waals surface area contributed by atoms with Gasteiger partial charge in [-0.1, -0.05) is 6.42 Å². The summed E-state index contributed by atoms with van der Waals surface area (Å²) in [6.07, 6.45) is 3.97. The molecule has 6 heteroatoms. The highest BCUT2D eigenvalue weighted by Gasteiger charge is 2.33. The van der Waals surface area contributed by atoms with Crippen molar-refractivity contribution >= 4 is 22.6 Å². The van der Waals surface area contributed by atoms with E-state index in [4.69, 9.17) is 4.74 Å². The molecule has 128 valence electrons. The van der Waals surface area contributed by atoms with Gasteiger partial charge in [-0.15, -0.1) is 0 Å². The van der Waals surface area contributed by atoms with Gasteiger partial charge in [-0.25, -0.2) is 4.79 Å². The van der Waals surface area contributed by atoms with Gasteiger partial charge in [0.15, 0.2) is 0 Å². The van der Waals surface area contributed by atoms with E-state index in [0.717, 1.165) is 22.3 Å². The van der Waals surface area contributed by atoms with E-state index in [1.165, 1.54) is 19.3 Å². The van der Waals surface area contributed by atoms with E-state index in [1.807, 2.05) is 41.8 Å². The highest BCUT2D eigenvalue weighted by Crippen LogP contribution is 2.32. The van der Waals surface area contributed by atoms with Gasteiger partial charge in [0.1, 0.15) is 0 Å². The van der Waals surface area contributed by atoms with Crippen molar-refractivity contribution in [3.8, 4) is 0 Å². The van der Waals surface area contributed by atoms with Gasteiger partial charge in [0.05, 0.1) is 23.9 Å². The maximum absolute atomic E-state index is 12.6. The average molecular weight is 328 g/mol. The van der Waals surface area contributed by atoms with Crippen molar-refractivity contribution in [2.24, 2.45) is 13.0 Å². The van der Waals surface area contributed by atoms with Crippen molar-refractivity contribution in [3.05, 3.63) is 23.9 Å². The lowest BCUT2D eigenvalue weighted by Crippen LogP contribution is -2.50. The number of carbonyl (C=O) groups excluding carboxylic acids is 1. The van der Waals surface area contributed by atoms with Crippen molar-refractivity contribution in [1.29, 1.82) is 0 Å². The Morgan fingerprint density at radius 3 is 2.96 bits per heavy atom. The van der Waals surface area contributed by atoms with Crippen LogP contribution < -0.4 is 5.32 Å². The molecule has 2 amide bonds. The largest absolute Gasteiger partial charge is 0.374 e. The van der Waals surface area contributed by atoms with Crippen LogP contribution in [0.5, 0.6) is 0 Å². The number of amides is 2. The number of rotatable bonds is 2. The van der Waals surface area contributed by atoms with Gasteiger partial charge < -0.3 is 15.0 Å². The maximum Gasteiger partial charge on any atom is 0.322 e. The van der Waals surface area contributed by atoms with Gasteiger partial charge in [-0.2, -0.15) is 5.10 Å². The van der Waals surface area contributed by atoms with E-state index >= 15 is 0 Å². The second kappa shape index (κ2) is 6.09. The molecule has 1 aromatic heterocycles. The Kier molecular flexibility index (Phi) is 3.92. The van der Waals surface area contributed by atoms with E-state index in [9.17, 15) is 4.79 Å². The maximum atomic E-state index is 12.6. The average Bonchev–Trinajstić information content (AvgIpc) is 2.80. The van der Waals surface area contributed by atoms with Crippen LogP contribution in [0.4, 0.5) is 10.5 Å². The number of morpholine rings is 1. The third-order valence-electron chi connectivity index (χ3n) is 5.34. The second-order valence-corrected chi connectivity index (χ2v) is 6.92. The van der Waals surface area contributed by atoms with Crippen LogP contribution >= 0.6 is 0 Å². The van der Waals surface area contributed by atoms with E-state index in [-0.39, 0.29) is 12.1 Å².